The van der Waals surface area contributed by atoms with Gasteiger partial charge in [0.15, 0.2) is 0 Å². The summed E-state index contributed by atoms with van der Waals surface area (Å²) in [5.74, 6) is -1.01. The summed E-state index contributed by atoms with van der Waals surface area (Å²) in [6.07, 6.45) is 0.0447. The molecule has 1 aliphatic heterocycles. The fourth-order valence-corrected chi connectivity index (χ4v) is 1.80. The van der Waals surface area contributed by atoms with Crippen LogP contribution in [0.25, 0.3) is 0 Å². The number of nitrogen functional groups attached to an aromatic ring is 1. The molecule has 4 nitrogen and oxygen atoms in total. The van der Waals surface area contributed by atoms with Gasteiger partial charge in [0.25, 0.3) is 5.91 Å². The fraction of sp³-hybridized carbons (Fsp3) is 0.364. The van der Waals surface area contributed by atoms with Gasteiger partial charge in [0.05, 0.1) is 11.7 Å². The second kappa shape index (κ2) is 4.09. The fourth-order valence-electron chi connectivity index (χ4n) is 1.80. The van der Waals surface area contributed by atoms with Crippen LogP contribution in [0.4, 0.5) is 10.1 Å². The summed E-state index contributed by atoms with van der Waals surface area (Å²) >= 11 is 0. The van der Waals surface area contributed by atoms with Gasteiger partial charge in [-0.2, -0.15) is 0 Å². The Bertz CT molecular complexity index is 422. The van der Waals surface area contributed by atoms with E-state index in [4.69, 9.17) is 5.73 Å². The number of benzene rings is 1. The van der Waals surface area contributed by atoms with Crippen molar-refractivity contribution >= 4 is 11.6 Å². The van der Waals surface area contributed by atoms with Crippen LogP contribution >= 0.6 is 0 Å². The van der Waals surface area contributed by atoms with Gasteiger partial charge in [-0.05, 0) is 24.6 Å². The summed E-state index contributed by atoms with van der Waals surface area (Å²) in [5.41, 5.74) is 5.69. The molecule has 2 rings (SSSR count). The molecule has 86 valence electrons. The summed E-state index contributed by atoms with van der Waals surface area (Å²) in [4.78, 5) is 13.3. The Hall–Kier alpha value is -1.62. The molecular weight excluding hydrogens is 211 g/mol. The molecule has 1 fully saturated rings. The SMILES string of the molecule is Nc1ccc(C(=O)N2CCC(O)C2)c(F)c1. The summed E-state index contributed by atoms with van der Waals surface area (Å²) in [6.45, 7) is 0.729. The molecule has 1 amide bonds. The summed E-state index contributed by atoms with van der Waals surface area (Å²) in [7, 11) is 0. The Morgan fingerprint density at radius 1 is 1.56 bits per heavy atom. The summed E-state index contributed by atoms with van der Waals surface area (Å²) in [6, 6.07) is 3.99. The molecule has 0 aromatic heterocycles. The van der Waals surface area contributed by atoms with Crippen molar-refractivity contribution in [2.45, 2.75) is 12.5 Å². The third-order valence-electron chi connectivity index (χ3n) is 2.67. The average molecular weight is 224 g/mol. The van der Waals surface area contributed by atoms with Crippen molar-refractivity contribution < 1.29 is 14.3 Å². The van der Waals surface area contributed by atoms with Crippen LogP contribution in [0.2, 0.25) is 0 Å². The number of halogens is 1. The van der Waals surface area contributed by atoms with E-state index in [1.807, 2.05) is 0 Å². The van der Waals surface area contributed by atoms with Crippen molar-refractivity contribution in [2.75, 3.05) is 18.8 Å². The highest BCUT2D eigenvalue weighted by molar-refractivity contribution is 5.95. The van der Waals surface area contributed by atoms with Crippen molar-refractivity contribution in [1.82, 2.24) is 4.90 Å². The minimum absolute atomic E-state index is 0.00306. The molecule has 0 saturated carbocycles. The first-order chi connectivity index (χ1) is 7.58. The zero-order chi connectivity index (χ0) is 11.7. The van der Waals surface area contributed by atoms with Gasteiger partial charge in [-0.3, -0.25) is 4.79 Å². The van der Waals surface area contributed by atoms with Crippen LogP contribution in [-0.2, 0) is 0 Å². The van der Waals surface area contributed by atoms with Gasteiger partial charge in [0.1, 0.15) is 5.82 Å². The smallest absolute Gasteiger partial charge is 0.256 e. The highest BCUT2D eigenvalue weighted by Gasteiger charge is 2.26. The number of aliphatic hydroxyl groups is 1. The first-order valence-electron chi connectivity index (χ1n) is 5.10. The highest BCUT2D eigenvalue weighted by atomic mass is 19.1. The number of carbonyl (C=O) groups excluding carboxylic acids is 1. The van der Waals surface area contributed by atoms with E-state index in [2.05, 4.69) is 0 Å². The predicted molar refractivity (Wildman–Crippen MR) is 57.3 cm³/mol. The number of carbonyl (C=O) groups is 1. The van der Waals surface area contributed by atoms with Gasteiger partial charge in [0.2, 0.25) is 0 Å². The minimum atomic E-state index is -0.619. The lowest BCUT2D eigenvalue weighted by molar-refractivity contribution is 0.0760. The standard InChI is InChI=1S/C11H13FN2O2/c12-10-5-7(13)1-2-9(10)11(16)14-4-3-8(15)6-14/h1-2,5,8,15H,3-4,6,13H2. The molecule has 16 heavy (non-hydrogen) atoms. The highest BCUT2D eigenvalue weighted by Crippen LogP contribution is 2.17. The van der Waals surface area contributed by atoms with Crippen molar-refractivity contribution in [3.8, 4) is 0 Å². The van der Waals surface area contributed by atoms with Crippen LogP contribution in [0.1, 0.15) is 16.8 Å². The number of likely N-dealkylation sites (tertiary alicyclic amines) is 1. The van der Waals surface area contributed by atoms with Crippen LogP contribution in [0.3, 0.4) is 0 Å². The topological polar surface area (TPSA) is 66.6 Å². The normalized spacial score (nSPS) is 20.1. The molecule has 1 aliphatic rings. The Kier molecular flexibility index (Phi) is 2.78. The molecule has 0 radical (unpaired) electrons. The molecule has 1 unspecified atom stereocenters. The molecule has 0 bridgehead atoms. The van der Waals surface area contributed by atoms with E-state index in [0.717, 1.165) is 6.07 Å². The number of β-amino-alcohol motifs (C(OH)–C–C–N with tert-alkyl or cyclic N) is 1. The molecule has 1 aromatic carbocycles. The second-order valence-electron chi connectivity index (χ2n) is 3.93. The zero-order valence-corrected chi connectivity index (χ0v) is 8.69. The molecule has 0 spiro atoms. The third-order valence-corrected chi connectivity index (χ3v) is 2.67. The Morgan fingerprint density at radius 3 is 2.88 bits per heavy atom. The van der Waals surface area contributed by atoms with Crippen molar-refractivity contribution in [2.24, 2.45) is 0 Å². The molecule has 0 aliphatic carbocycles. The number of amides is 1. The van der Waals surface area contributed by atoms with E-state index in [1.165, 1.54) is 17.0 Å². The van der Waals surface area contributed by atoms with Gasteiger partial charge >= 0.3 is 0 Å². The lowest BCUT2D eigenvalue weighted by Gasteiger charge is -2.15. The van der Waals surface area contributed by atoms with Gasteiger partial charge < -0.3 is 15.7 Å². The lowest BCUT2D eigenvalue weighted by atomic mass is 10.1. The molecular formula is C11H13FN2O2. The van der Waals surface area contributed by atoms with Gasteiger partial charge in [-0.25, -0.2) is 4.39 Å². The van der Waals surface area contributed by atoms with E-state index >= 15 is 0 Å². The number of rotatable bonds is 1. The Balaban J connectivity index is 2.21. The third kappa shape index (κ3) is 1.99. The molecule has 1 atom stereocenters. The van der Waals surface area contributed by atoms with E-state index in [9.17, 15) is 14.3 Å². The largest absolute Gasteiger partial charge is 0.399 e. The zero-order valence-electron chi connectivity index (χ0n) is 8.69. The predicted octanol–water partition coefficient (Wildman–Crippen LogP) is 0.615. The Labute approximate surface area is 92.5 Å². The second-order valence-corrected chi connectivity index (χ2v) is 3.93. The Morgan fingerprint density at radius 2 is 2.31 bits per heavy atom. The number of hydrogen-bond donors (Lipinski definition) is 2. The van der Waals surface area contributed by atoms with Crippen LogP contribution in [0.15, 0.2) is 18.2 Å². The van der Waals surface area contributed by atoms with Crippen LogP contribution in [0.5, 0.6) is 0 Å². The maximum atomic E-state index is 13.5. The van der Waals surface area contributed by atoms with Gasteiger partial charge in [-0.15, -0.1) is 0 Å². The first-order valence-corrected chi connectivity index (χ1v) is 5.10. The quantitative estimate of drug-likeness (QED) is 0.687. The number of anilines is 1. The summed E-state index contributed by atoms with van der Waals surface area (Å²) < 4.78 is 13.5. The first kappa shape index (κ1) is 10.9. The number of nitrogens with zero attached hydrogens (tertiary/aromatic N) is 1. The number of hydrogen-bond acceptors (Lipinski definition) is 3. The van der Waals surface area contributed by atoms with Crippen molar-refractivity contribution in [1.29, 1.82) is 0 Å². The minimum Gasteiger partial charge on any atom is -0.399 e. The molecule has 5 heteroatoms. The number of aliphatic hydroxyl groups excluding tert-OH is 1. The van der Waals surface area contributed by atoms with Crippen molar-refractivity contribution in [3.63, 3.8) is 0 Å². The average Bonchev–Trinajstić information content (AvgIpc) is 2.64. The van der Waals surface area contributed by atoms with Crippen LogP contribution in [-0.4, -0.2) is 35.1 Å². The van der Waals surface area contributed by atoms with E-state index in [-0.39, 0.29) is 17.8 Å². The molecule has 1 saturated heterocycles. The van der Waals surface area contributed by atoms with E-state index < -0.39 is 17.8 Å². The van der Waals surface area contributed by atoms with E-state index in [0.29, 0.717) is 13.0 Å². The van der Waals surface area contributed by atoms with Crippen LogP contribution in [0, 0.1) is 5.82 Å². The lowest BCUT2D eigenvalue weighted by Crippen LogP contribution is -2.30. The monoisotopic (exact) mass is 224 g/mol. The van der Waals surface area contributed by atoms with E-state index in [1.54, 1.807) is 0 Å². The van der Waals surface area contributed by atoms with Gasteiger partial charge in [0, 0.05) is 18.8 Å². The molecule has 3 N–H and O–H groups in total. The maximum absolute atomic E-state index is 13.5. The number of nitrogens with two attached hydrogens (primary N) is 1. The van der Waals surface area contributed by atoms with Crippen LogP contribution < -0.4 is 5.73 Å². The maximum Gasteiger partial charge on any atom is 0.256 e. The van der Waals surface area contributed by atoms with Crippen molar-refractivity contribution in [3.05, 3.63) is 29.6 Å². The molecule has 1 aromatic rings. The van der Waals surface area contributed by atoms with Gasteiger partial charge in [-0.1, -0.05) is 0 Å². The summed E-state index contributed by atoms with van der Waals surface area (Å²) in [5, 5.41) is 9.30. The molecule has 1 heterocycles.